The summed E-state index contributed by atoms with van der Waals surface area (Å²) in [6.45, 7) is 3.59. The van der Waals surface area contributed by atoms with Crippen LogP contribution >= 0.6 is 11.3 Å². The number of methoxy groups -OCH3 is 1. The number of hydrogen-bond donors (Lipinski definition) is 2. The first-order valence-electron chi connectivity index (χ1n) is 10.8. The highest BCUT2D eigenvalue weighted by molar-refractivity contribution is 7.19. The van der Waals surface area contributed by atoms with Gasteiger partial charge in [0.1, 0.15) is 22.2 Å². The van der Waals surface area contributed by atoms with Crippen LogP contribution in [-0.4, -0.2) is 41.0 Å². The highest BCUT2D eigenvalue weighted by Crippen LogP contribution is 2.37. The summed E-state index contributed by atoms with van der Waals surface area (Å²) >= 11 is 1.75. The number of nitrogens with zero attached hydrogens (tertiary/aromatic N) is 3. The van der Waals surface area contributed by atoms with Crippen LogP contribution in [0.2, 0.25) is 0 Å². The zero-order valence-corrected chi connectivity index (χ0v) is 18.9. The number of aromatic nitrogens is 2. The minimum Gasteiger partial charge on any atom is -0.495 e. The molecule has 0 fully saturated rings. The molecule has 1 aromatic carbocycles. The van der Waals surface area contributed by atoms with Gasteiger partial charge in [0.25, 0.3) is 0 Å². The molecular weight excluding hydrogens is 410 g/mol. The topological polar surface area (TPSA) is 93.4 Å². The van der Waals surface area contributed by atoms with Crippen molar-refractivity contribution in [3.63, 3.8) is 0 Å². The summed E-state index contributed by atoms with van der Waals surface area (Å²) in [6.07, 6.45) is 5.52. The van der Waals surface area contributed by atoms with Gasteiger partial charge in [-0.15, -0.1) is 11.3 Å². The van der Waals surface area contributed by atoms with Crippen LogP contribution in [0.1, 0.15) is 42.5 Å². The molecule has 4 rings (SSSR count). The fourth-order valence-corrected chi connectivity index (χ4v) is 5.46. The summed E-state index contributed by atoms with van der Waals surface area (Å²) in [5.41, 5.74) is 8.36. The first-order valence-corrected chi connectivity index (χ1v) is 11.6. The molecule has 2 heterocycles. The van der Waals surface area contributed by atoms with Gasteiger partial charge < -0.3 is 15.8 Å². The summed E-state index contributed by atoms with van der Waals surface area (Å²) in [7, 11) is 1.59. The van der Waals surface area contributed by atoms with E-state index >= 15 is 0 Å². The molecule has 1 amide bonds. The van der Waals surface area contributed by atoms with Crippen molar-refractivity contribution < 1.29 is 9.53 Å². The molecule has 3 N–H and O–H groups in total. The van der Waals surface area contributed by atoms with E-state index in [4.69, 9.17) is 15.5 Å². The number of rotatable bonds is 8. The Morgan fingerprint density at radius 2 is 2.06 bits per heavy atom. The number of nitrogens with one attached hydrogen (secondary N) is 1. The molecule has 7 nitrogen and oxygen atoms in total. The predicted molar refractivity (Wildman–Crippen MR) is 126 cm³/mol. The number of nitrogen functional groups attached to an aromatic ring is 1. The molecule has 1 aliphatic rings. The second kappa shape index (κ2) is 9.62. The fourth-order valence-electron chi connectivity index (χ4n) is 4.17. The number of benzene rings is 1. The number of hydrogen-bond acceptors (Lipinski definition) is 7. The van der Waals surface area contributed by atoms with Crippen molar-refractivity contribution in [3.05, 3.63) is 40.5 Å². The minimum atomic E-state index is -0.0985. The van der Waals surface area contributed by atoms with Crippen LogP contribution in [0.4, 0.5) is 11.5 Å². The summed E-state index contributed by atoms with van der Waals surface area (Å²) in [5, 5.41) is 3.98. The zero-order chi connectivity index (χ0) is 21.8. The maximum absolute atomic E-state index is 12.7. The Hall–Kier alpha value is -2.71. The Balaban J connectivity index is 1.50. The standard InChI is InChI=1S/C23H29N5O2S/c1-3-12-28(14-20(29)25-16-9-5-6-10-17(16)30-2)13-19-26-22(24)21-15-8-4-7-11-18(15)31-23(21)27-19/h5-6,9-10H,3-4,7-8,11-14H2,1-2H3,(H,25,29)(H2,24,26,27). The van der Waals surface area contributed by atoms with E-state index in [1.165, 1.54) is 23.3 Å². The van der Waals surface area contributed by atoms with Gasteiger partial charge in [-0.3, -0.25) is 9.69 Å². The van der Waals surface area contributed by atoms with Crippen molar-refractivity contribution in [2.75, 3.05) is 31.2 Å². The third-order valence-electron chi connectivity index (χ3n) is 5.54. The fraction of sp³-hybridized carbons (Fsp3) is 0.435. The number of para-hydroxylation sites is 2. The van der Waals surface area contributed by atoms with Crippen molar-refractivity contribution in [2.24, 2.45) is 0 Å². The van der Waals surface area contributed by atoms with E-state index in [1.807, 2.05) is 24.3 Å². The molecule has 2 aromatic heterocycles. The first kappa shape index (κ1) is 21.5. The lowest BCUT2D eigenvalue weighted by Gasteiger charge is -2.21. The third kappa shape index (κ3) is 4.80. The molecular formula is C23H29N5O2S. The Kier molecular flexibility index (Phi) is 6.67. The number of aryl methyl sites for hydroxylation is 2. The van der Waals surface area contributed by atoms with Crippen LogP contribution < -0.4 is 15.8 Å². The zero-order valence-electron chi connectivity index (χ0n) is 18.1. The van der Waals surface area contributed by atoms with Crippen LogP contribution in [0.5, 0.6) is 5.75 Å². The molecule has 0 aliphatic heterocycles. The molecule has 0 saturated heterocycles. The number of amides is 1. The second-order valence-corrected chi connectivity index (χ2v) is 8.96. The maximum atomic E-state index is 12.7. The van der Waals surface area contributed by atoms with Crippen LogP contribution in [-0.2, 0) is 24.2 Å². The Morgan fingerprint density at radius 3 is 2.87 bits per heavy atom. The summed E-state index contributed by atoms with van der Waals surface area (Å²) < 4.78 is 5.32. The van der Waals surface area contributed by atoms with E-state index in [9.17, 15) is 4.79 Å². The third-order valence-corrected chi connectivity index (χ3v) is 6.73. The van der Waals surface area contributed by atoms with Crippen LogP contribution in [0.15, 0.2) is 24.3 Å². The van der Waals surface area contributed by atoms with E-state index in [0.29, 0.717) is 29.6 Å². The number of anilines is 2. The lowest BCUT2D eigenvalue weighted by Crippen LogP contribution is -2.34. The summed E-state index contributed by atoms with van der Waals surface area (Å²) in [5.74, 6) is 1.77. The molecule has 0 unspecified atom stereocenters. The number of nitrogens with two attached hydrogens (primary N) is 1. The normalized spacial score (nSPS) is 13.4. The van der Waals surface area contributed by atoms with Gasteiger partial charge >= 0.3 is 0 Å². The van der Waals surface area contributed by atoms with Gasteiger partial charge in [0.15, 0.2) is 0 Å². The molecule has 164 valence electrons. The number of thiophene rings is 1. The van der Waals surface area contributed by atoms with E-state index in [2.05, 4.69) is 22.1 Å². The first-order chi connectivity index (χ1) is 15.1. The average molecular weight is 440 g/mol. The highest BCUT2D eigenvalue weighted by Gasteiger charge is 2.21. The van der Waals surface area contributed by atoms with Gasteiger partial charge in [0.2, 0.25) is 5.91 Å². The van der Waals surface area contributed by atoms with Crippen molar-refractivity contribution in [1.82, 2.24) is 14.9 Å². The maximum Gasteiger partial charge on any atom is 0.238 e. The summed E-state index contributed by atoms with van der Waals surface area (Å²) in [4.78, 5) is 26.5. The predicted octanol–water partition coefficient (Wildman–Crippen LogP) is 4.01. The van der Waals surface area contributed by atoms with E-state index < -0.39 is 0 Å². The van der Waals surface area contributed by atoms with Crippen molar-refractivity contribution in [1.29, 1.82) is 0 Å². The molecule has 3 aromatic rings. The number of carbonyl (C=O) groups excluding carboxylic acids is 1. The van der Waals surface area contributed by atoms with E-state index in [1.54, 1.807) is 18.4 Å². The van der Waals surface area contributed by atoms with Crippen molar-refractivity contribution in [3.8, 4) is 5.75 Å². The smallest absolute Gasteiger partial charge is 0.238 e. The second-order valence-electron chi connectivity index (χ2n) is 7.88. The largest absolute Gasteiger partial charge is 0.495 e. The number of ether oxygens (including phenoxy) is 1. The molecule has 0 saturated carbocycles. The Labute approximate surface area is 186 Å². The van der Waals surface area contributed by atoms with Crippen molar-refractivity contribution >= 4 is 39.0 Å². The van der Waals surface area contributed by atoms with Crippen molar-refractivity contribution in [2.45, 2.75) is 45.6 Å². The Morgan fingerprint density at radius 1 is 1.26 bits per heavy atom. The molecule has 0 atom stereocenters. The van der Waals surface area contributed by atoms with Crippen LogP contribution in [0.3, 0.4) is 0 Å². The lowest BCUT2D eigenvalue weighted by atomic mass is 9.97. The van der Waals surface area contributed by atoms with Gasteiger partial charge in [-0.1, -0.05) is 19.1 Å². The van der Waals surface area contributed by atoms with Crippen LogP contribution in [0.25, 0.3) is 10.2 Å². The molecule has 0 spiro atoms. The van der Waals surface area contributed by atoms with Crippen LogP contribution in [0, 0.1) is 0 Å². The molecule has 31 heavy (non-hydrogen) atoms. The monoisotopic (exact) mass is 439 g/mol. The van der Waals surface area contributed by atoms with Gasteiger partial charge in [-0.05, 0) is 56.3 Å². The quantitative estimate of drug-likeness (QED) is 0.551. The molecule has 8 heteroatoms. The summed E-state index contributed by atoms with van der Waals surface area (Å²) in [6, 6.07) is 7.40. The van der Waals surface area contributed by atoms with Gasteiger partial charge in [-0.25, -0.2) is 9.97 Å². The molecule has 0 radical (unpaired) electrons. The van der Waals surface area contributed by atoms with Gasteiger partial charge in [-0.2, -0.15) is 0 Å². The van der Waals surface area contributed by atoms with E-state index in [0.717, 1.165) is 36.0 Å². The highest BCUT2D eigenvalue weighted by atomic mass is 32.1. The Bertz CT molecular complexity index is 1080. The van der Waals surface area contributed by atoms with Gasteiger partial charge in [0.05, 0.1) is 31.3 Å². The number of carbonyl (C=O) groups is 1. The number of fused-ring (bicyclic) bond motifs is 3. The SMILES string of the molecule is CCCN(CC(=O)Nc1ccccc1OC)Cc1nc(N)c2c3c(sc2n1)CCCC3. The average Bonchev–Trinajstić information content (AvgIpc) is 3.13. The van der Waals surface area contributed by atoms with E-state index in [-0.39, 0.29) is 12.5 Å². The lowest BCUT2D eigenvalue weighted by molar-refractivity contribution is -0.117. The molecule has 1 aliphatic carbocycles. The van der Waals surface area contributed by atoms with Gasteiger partial charge in [0, 0.05) is 4.88 Å². The molecule has 0 bridgehead atoms. The minimum absolute atomic E-state index is 0.0985.